The monoisotopic (exact) mass is 444 g/mol. The molecule has 0 aliphatic rings. The minimum absolute atomic E-state index is 0.386. The number of anilines is 2. The van der Waals surface area contributed by atoms with Gasteiger partial charge in [-0.05, 0) is 58.7 Å². The van der Waals surface area contributed by atoms with Gasteiger partial charge in [0, 0.05) is 24.0 Å². The van der Waals surface area contributed by atoms with Crippen LogP contribution in [-0.2, 0) is 7.05 Å². The van der Waals surface area contributed by atoms with E-state index in [0.717, 1.165) is 21.3 Å². The minimum atomic E-state index is -0.605. The third kappa shape index (κ3) is 4.35. The van der Waals surface area contributed by atoms with Crippen molar-refractivity contribution in [3.05, 3.63) is 58.7 Å². The lowest BCUT2D eigenvalue weighted by molar-refractivity contribution is 0.199. The van der Waals surface area contributed by atoms with Crippen LogP contribution in [0.25, 0.3) is 11.3 Å². The summed E-state index contributed by atoms with van der Waals surface area (Å²) in [6, 6.07) is 12.1. The summed E-state index contributed by atoms with van der Waals surface area (Å²) in [4.78, 5) is 12.4. The van der Waals surface area contributed by atoms with Gasteiger partial charge in [-0.15, -0.1) is 0 Å². The molecule has 2 amide bonds. The molecule has 1 aromatic heterocycles. The van der Waals surface area contributed by atoms with E-state index in [4.69, 9.17) is 4.74 Å². The topological polar surface area (TPSA) is 88.4 Å². The summed E-state index contributed by atoms with van der Waals surface area (Å²) in [5, 5.41) is 19.5. The van der Waals surface area contributed by atoms with Gasteiger partial charge in [0.2, 0.25) is 0 Å². The first-order valence-electron chi connectivity index (χ1n) is 8.61. The summed E-state index contributed by atoms with van der Waals surface area (Å²) in [5.74, 6) is 0.667. The number of aliphatic hydroxyl groups excluding tert-OH is 1. The Kier molecular flexibility index (Phi) is 6.01. The van der Waals surface area contributed by atoms with Crippen LogP contribution in [0, 0.1) is 0 Å². The van der Waals surface area contributed by atoms with Crippen molar-refractivity contribution in [2.45, 2.75) is 13.0 Å². The van der Waals surface area contributed by atoms with Crippen LogP contribution in [0.4, 0.5) is 16.2 Å². The second-order valence-electron chi connectivity index (χ2n) is 6.26. The zero-order chi connectivity index (χ0) is 20.3. The molecule has 3 aromatic rings. The standard InChI is InChI=1S/C20H21BrN4O3/c1-12(26)13-5-4-6-14(9-13)23-20(27)24-15-7-8-18(28-3)16(10-15)19-17(21)11-22-25(19)2/h4-12,26H,1-3H3,(H2,23,24,27). The van der Waals surface area contributed by atoms with E-state index in [-0.39, 0.29) is 6.03 Å². The van der Waals surface area contributed by atoms with E-state index in [2.05, 4.69) is 31.7 Å². The van der Waals surface area contributed by atoms with E-state index in [1.54, 1.807) is 61.3 Å². The highest BCUT2D eigenvalue weighted by Crippen LogP contribution is 2.36. The summed E-state index contributed by atoms with van der Waals surface area (Å²) < 4.78 is 8.01. The number of urea groups is 1. The Morgan fingerprint density at radius 3 is 2.54 bits per heavy atom. The number of methoxy groups -OCH3 is 1. The minimum Gasteiger partial charge on any atom is -0.496 e. The summed E-state index contributed by atoms with van der Waals surface area (Å²) in [6.07, 6.45) is 1.10. The normalized spacial score (nSPS) is 11.8. The Bertz CT molecular complexity index is 981. The Morgan fingerprint density at radius 1 is 1.21 bits per heavy atom. The second kappa shape index (κ2) is 8.45. The number of hydrogen-bond donors (Lipinski definition) is 3. The molecular formula is C20H21BrN4O3. The van der Waals surface area contributed by atoms with Crippen molar-refractivity contribution in [3.8, 4) is 17.0 Å². The second-order valence-corrected chi connectivity index (χ2v) is 7.11. The highest BCUT2D eigenvalue weighted by molar-refractivity contribution is 9.10. The number of carbonyl (C=O) groups excluding carboxylic acids is 1. The van der Waals surface area contributed by atoms with Crippen molar-refractivity contribution in [1.29, 1.82) is 0 Å². The van der Waals surface area contributed by atoms with Crippen LogP contribution in [0.3, 0.4) is 0 Å². The molecule has 1 atom stereocenters. The lowest BCUT2D eigenvalue weighted by Gasteiger charge is -2.13. The predicted molar refractivity (Wildman–Crippen MR) is 113 cm³/mol. The van der Waals surface area contributed by atoms with Gasteiger partial charge in [-0.1, -0.05) is 12.1 Å². The Morgan fingerprint density at radius 2 is 1.93 bits per heavy atom. The first-order chi connectivity index (χ1) is 13.4. The zero-order valence-corrected chi connectivity index (χ0v) is 17.3. The van der Waals surface area contributed by atoms with Gasteiger partial charge in [-0.3, -0.25) is 4.68 Å². The van der Waals surface area contributed by atoms with E-state index in [1.807, 2.05) is 13.1 Å². The molecule has 3 N–H and O–H groups in total. The molecule has 8 heteroatoms. The fourth-order valence-corrected chi connectivity index (χ4v) is 3.42. The number of halogens is 1. The number of aliphatic hydroxyl groups is 1. The molecule has 146 valence electrons. The van der Waals surface area contributed by atoms with Gasteiger partial charge >= 0.3 is 6.03 Å². The smallest absolute Gasteiger partial charge is 0.323 e. The zero-order valence-electron chi connectivity index (χ0n) is 15.7. The molecule has 0 saturated heterocycles. The average Bonchev–Trinajstić information content (AvgIpc) is 3.00. The molecule has 28 heavy (non-hydrogen) atoms. The fourth-order valence-electron chi connectivity index (χ4n) is 2.85. The number of hydrogen-bond acceptors (Lipinski definition) is 4. The fraction of sp³-hybridized carbons (Fsp3) is 0.200. The Labute approximate surface area is 171 Å². The third-order valence-corrected chi connectivity index (χ3v) is 4.81. The molecule has 2 aromatic carbocycles. The van der Waals surface area contributed by atoms with E-state index in [0.29, 0.717) is 17.1 Å². The molecule has 7 nitrogen and oxygen atoms in total. The van der Waals surface area contributed by atoms with Gasteiger partial charge < -0.3 is 20.5 Å². The first-order valence-corrected chi connectivity index (χ1v) is 9.40. The van der Waals surface area contributed by atoms with Crippen LogP contribution in [-0.4, -0.2) is 28.0 Å². The maximum atomic E-state index is 12.4. The van der Waals surface area contributed by atoms with Crippen molar-refractivity contribution in [1.82, 2.24) is 9.78 Å². The lowest BCUT2D eigenvalue weighted by Crippen LogP contribution is -2.19. The van der Waals surface area contributed by atoms with Gasteiger partial charge in [0.15, 0.2) is 0 Å². The van der Waals surface area contributed by atoms with E-state index >= 15 is 0 Å². The summed E-state index contributed by atoms with van der Waals surface area (Å²) >= 11 is 3.50. The van der Waals surface area contributed by atoms with Crippen LogP contribution in [0.5, 0.6) is 5.75 Å². The number of nitrogens with one attached hydrogen (secondary N) is 2. The Hall–Kier alpha value is -2.84. The average molecular weight is 445 g/mol. The number of carbonyl (C=O) groups is 1. The molecule has 1 heterocycles. The van der Waals surface area contributed by atoms with Crippen molar-refractivity contribution in [3.63, 3.8) is 0 Å². The molecule has 1 unspecified atom stereocenters. The lowest BCUT2D eigenvalue weighted by atomic mass is 10.1. The SMILES string of the molecule is COc1ccc(NC(=O)Nc2cccc(C(C)O)c2)cc1-c1c(Br)cnn1C. The number of ether oxygens (including phenoxy) is 1. The molecular weight excluding hydrogens is 424 g/mol. The molecule has 0 radical (unpaired) electrons. The van der Waals surface area contributed by atoms with Crippen molar-refractivity contribution in [2.75, 3.05) is 17.7 Å². The largest absolute Gasteiger partial charge is 0.496 e. The highest BCUT2D eigenvalue weighted by Gasteiger charge is 2.15. The third-order valence-electron chi connectivity index (χ3n) is 4.23. The molecule has 0 fully saturated rings. The van der Waals surface area contributed by atoms with Crippen LogP contribution < -0.4 is 15.4 Å². The number of amides is 2. The van der Waals surface area contributed by atoms with Crippen LogP contribution in [0.15, 0.2) is 53.1 Å². The van der Waals surface area contributed by atoms with E-state index < -0.39 is 6.10 Å². The number of benzene rings is 2. The molecule has 0 spiro atoms. The maximum Gasteiger partial charge on any atom is 0.323 e. The number of nitrogens with zero attached hydrogens (tertiary/aromatic N) is 2. The van der Waals surface area contributed by atoms with Gasteiger partial charge in [-0.25, -0.2) is 4.79 Å². The van der Waals surface area contributed by atoms with E-state index in [9.17, 15) is 9.90 Å². The molecule has 0 aliphatic heterocycles. The molecule has 0 saturated carbocycles. The number of aromatic nitrogens is 2. The van der Waals surface area contributed by atoms with Gasteiger partial charge in [-0.2, -0.15) is 5.10 Å². The summed E-state index contributed by atoms with van der Waals surface area (Å²) in [6.45, 7) is 1.68. The molecule has 0 bridgehead atoms. The number of rotatable bonds is 5. The molecule has 3 rings (SSSR count). The predicted octanol–water partition coefficient (Wildman–Crippen LogP) is 4.56. The quantitative estimate of drug-likeness (QED) is 0.538. The summed E-state index contributed by atoms with van der Waals surface area (Å²) in [7, 11) is 3.43. The first kappa shape index (κ1) is 19.9. The van der Waals surface area contributed by atoms with E-state index in [1.165, 1.54) is 0 Å². The van der Waals surface area contributed by atoms with Crippen molar-refractivity contribution < 1.29 is 14.6 Å². The highest BCUT2D eigenvalue weighted by atomic mass is 79.9. The van der Waals surface area contributed by atoms with Crippen LogP contribution in [0.2, 0.25) is 0 Å². The van der Waals surface area contributed by atoms with Gasteiger partial charge in [0.1, 0.15) is 5.75 Å². The summed E-state index contributed by atoms with van der Waals surface area (Å²) in [5.41, 5.74) is 3.56. The Balaban J connectivity index is 1.82. The van der Waals surface area contributed by atoms with Crippen LogP contribution >= 0.6 is 15.9 Å². The van der Waals surface area contributed by atoms with Gasteiger partial charge in [0.05, 0.1) is 29.6 Å². The maximum absolute atomic E-state index is 12.4. The van der Waals surface area contributed by atoms with Gasteiger partial charge in [0.25, 0.3) is 0 Å². The van der Waals surface area contributed by atoms with Crippen LogP contribution in [0.1, 0.15) is 18.6 Å². The van der Waals surface area contributed by atoms with Crippen molar-refractivity contribution >= 4 is 33.3 Å². The number of aryl methyl sites for hydroxylation is 1. The molecule has 0 aliphatic carbocycles. The van der Waals surface area contributed by atoms with Crippen molar-refractivity contribution in [2.24, 2.45) is 7.05 Å².